The first kappa shape index (κ1) is 19.1. The monoisotopic (exact) mass is 391 g/mol. The molecule has 1 aromatic carbocycles. The number of carbonyl (C=O) groups excluding carboxylic acids is 1. The summed E-state index contributed by atoms with van der Waals surface area (Å²) in [5, 5.41) is 17.0. The average Bonchev–Trinajstić information content (AvgIpc) is 3.25. The van der Waals surface area contributed by atoms with Gasteiger partial charge in [-0.2, -0.15) is 5.10 Å². The molecule has 0 saturated heterocycles. The molecule has 2 N–H and O–H groups in total. The fraction of sp³-hybridized carbons (Fsp3) is 0.364. The van der Waals surface area contributed by atoms with Gasteiger partial charge in [0, 0.05) is 36.6 Å². The van der Waals surface area contributed by atoms with Crippen molar-refractivity contribution < 1.29 is 9.90 Å². The lowest BCUT2D eigenvalue weighted by atomic mass is 9.91. The van der Waals surface area contributed by atoms with Crippen molar-refractivity contribution in [3.8, 4) is 17.0 Å². The van der Waals surface area contributed by atoms with Crippen molar-refractivity contribution in [3.05, 3.63) is 60.8 Å². The summed E-state index contributed by atoms with van der Waals surface area (Å²) in [7, 11) is 0. The second-order valence-corrected chi connectivity index (χ2v) is 7.54. The highest BCUT2D eigenvalue weighted by atomic mass is 16.3. The summed E-state index contributed by atoms with van der Waals surface area (Å²) in [5.74, 6) is 0.335. The Hall–Kier alpha value is -3.22. The summed E-state index contributed by atoms with van der Waals surface area (Å²) in [5.41, 5.74) is 2.86. The highest BCUT2D eigenvalue weighted by molar-refractivity contribution is 5.76. The molecule has 0 spiro atoms. The quantitative estimate of drug-likeness (QED) is 0.673. The van der Waals surface area contributed by atoms with Gasteiger partial charge in [-0.3, -0.25) is 19.4 Å². The lowest BCUT2D eigenvalue weighted by Gasteiger charge is -2.29. The molecule has 150 valence electrons. The molecule has 0 aliphatic heterocycles. The zero-order chi connectivity index (χ0) is 20.1. The number of hydrogen-bond acceptors (Lipinski definition) is 5. The van der Waals surface area contributed by atoms with Gasteiger partial charge in [-0.1, -0.05) is 12.1 Å². The molecule has 29 heavy (non-hydrogen) atoms. The number of rotatable bonds is 6. The Morgan fingerprint density at radius 3 is 2.62 bits per heavy atom. The van der Waals surface area contributed by atoms with E-state index in [4.69, 9.17) is 0 Å². The lowest BCUT2D eigenvalue weighted by Crippen LogP contribution is -2.38. The van der Waals surface area contributed by atoms with E-state index in [9.17, 15) is 9.90 Å². The highest BCUT2D eigenvalue weighted by Crippen LogP contribution is 2.29. The summed E-state index contributed by atoms with van der Waals surface area (Å²) in [4.78, 5) is 20.7. The number of phenols is 1. The predicted octanol–water partition coefficient (Wildman–Crippen LogP) is 3.28. The van der Waals surface area contributed by atoms with Crippen LogP contribution in [-0.4, -0.2) is 36.8 Å². The third-order valence-corrected chi connectivity index (χ3v) is 5.47. The molecule has 2 aromatic heterocycles. The minimum atomic E-state index is 0.0885. The molecule has 3 aromatic rings. The maximum absolute atomic E-state index is 12.3. The van der Waals surface area contributed by atoms with E-state index in [0.717, 1.165) is 42.5 Å². The number of benzene rings is 1. The minimum absolute atomic E-state index is 0.0885. The molecule has 1 saturated carbocycles. The van der Waals surface area contributed by atoms with Gasteiger partial charge in [0.2, 0.25) is 5.91 Å². The van der Waals surface area contributed by atoms with E-state index in [2.05, 4.69) is 20.4 Å². The van der Waals surface area contributed by atoms with Crippen LogP contribution in [-0.2, 0) is 11.2 Å². The maximum Gasteiger partial charge on any atom is 0.220 e. The molecule has 7 nitrogen and oxygen atoms in total. The lowest BCUT2D eigenvalue weighted by molar-refractivity contribution is -0.122. The van der Waals surface area contributed by atoms with Crippen molar-refractivity contribution in [2.45, 2.75) is 50.6 Å². The number of aromatic hydroxyl groups is 1. The Kier molecular flexibility index (Phi) is 5.84. The normalized spacial score (nSPS) is 19.0. The third kappa shape index (κ3) is 4.99. The van der Waals surface area contributed by atoms with Crippen molar-refractivity contribution in [3.63, 3.8) is 0 Å². The van der Waals surface area contributed by atoms with Gasteiger partial charge in [0.1, 0.15) is 5.75 Å². The van der Waals surface area contributed by atoms with Crippen LogP contribution in [0.25, 0.3) is 11.3 Å². The van der Waals surface area contributed by atoms with Gasteiger partial charge in [0.25, 0.3) is 0 Å². The zero-order valence-corrected chi connectivity index (χ0v) is 16.2. The Bertz CT molecular complexity index is 931. The third-order valence-electron chi connectivity index (χ3n) is 5.47. The number of amides is 1. The molecule has 4 rings (SSSR count). The van der Waals surface area contributed by atoms with Gasteiger partial charge in [0.05, 0.1) is 24.1 Å². The molecule has 0 atom stereocenters. The van der Waals surface area contributed by atoms with Gasteiger partial charge in [0.15, 0.2) is 0 Å². The van der Waals surface area contributed by atoms with E-state index >= 15 is 0 Å². The van der Waals surface area contributed by atoms with E-state index in [1.807, 2.05) is 29.2 Å². The van der Waals surface area contributed by atoms with E-state index < -0.39 is 0 Å². The summed E-state index contributed by atoms with van der Waals surface area (Å²) in [6.07, 6.45) is 14.0. The molecule has 1 aliphatic carbocycles. The molecule has 1 amide bonds. The fourth-order valence-electron chi connectivity index (χ4n) is 3.82. The standard InChI is InChI=1S/C22H25N5O2/c28-20-8-1-16(2-9-20)3-10-22(29)26-18-4-6-19(7-5-18)27-15-17(13-25-27)21-14-23-11-12-24-21/h1-2,8-9,11-15,18-19,28H,3-7,10H2,(H,26,29). The summed E-state index contributed by atoms with van der Waals surface area (Å²) < 4.78 is 2.02. The molecule has 1 aliphatic rings. The van der Waals surface area contributed by atoms with Crippen molar-refractivity contribution in [2.24, 2.45) is 0 Å². The molecule has 2 heterocycles. The average molecular weight is 391 g/mol. The molecule has 0 unspecified atom stereocenters. The summed E-state index contributed by atoms with van der Waals surface area (Å²) >= 11 is 0. The second-order valence-electron chi connectivity index (χ2n) is 7.54. The van der Waals surface area contributed by atoms with Gasteiger partial charge in [-0.05, 0) is 49.8 Å². The molecular weight excluding hydrogens is 366 g/mol. The first-order valence-corrected chi connectivity index (χ1v) is 10.1. The number of nitrogens with one attached hydrogen (secondary N) is 1. The van der Waals surface area contributed by atoms with Crippen LogP contribution in [0.3, 0.4) is 0 Å². The number of aryl methyl sites for hydroxylation is 1. The highest BCUT2D eigenvalue weighted by Gasteiger charge is 2.24. The Balaban J connectivity index is 1.24. The van der Waals surface area contributed by atoms with E-state index in [1.165, 1.54) is 0 Å². The van der Waals surface area contributed by atoms with Crippen molar-refractivity contribution in [1.82, 2.24) is 25.1 Å². The van der Waals surface area contributed by atoms with Crippen LogP contribution < -0.4 is 5.32 Å². The zero-order valence-electron chi connectivity index (χ0n) is 16.2. The SMILES string of the molecule is O=C(CCc1ccc(O)cc1)NC1CCC(n2cc(-c3cnccn3)cn2)CC1. The smallest absolute Gasteiger partial charge is 0.220 e. The van der Waals surface area contributed by atoms with Crippen LogP contribution in [0, 0.1) is 0 Å². The summed E-state index contributed by atoms with van der Waals surface area (Å²) in [6.45, 7) is 0. The second kappa shape index (κ2) is 8.86. The van der Waals surface area contributed by atoms with Crippen LogP contribution in [0.1, 0.15) is 43.7 Å². The van der Waals surface area contributed by atoms with Crippen LogP contribution in [0.15, 0.2) is 55.2 Å². The number of hydrogen-bond donors (Lipinski definition) is 2. The van der Waals surface area contributed by atoms with Gasteiger partial charge in [-0.15, -0.1) is 0 Å². The van der Waals surface area contributed by atoms with Crippen molar-refractivity contribution >= 4 is 5.91 Å². The van der Waals surface area contributed by atoms with E-state index in [1.54, 1.807) is 30.7 Å². The predicted molar refractivity (Wildman–Crippen MR) is 109 cm³/mol. The first-order valence-electron chi connectivity index (χ1n) is 10.1. The van der Waals surface area contributed by atoms with Gasteiger partial charge < -0.3 is 10.4 Å². The van der Waals surface area contributed by atoms with Crippen LogP contribution >= 0.6 is 0 Å². The number of aromatic nitrogens is 4. The molecule has 1 fully saturated rings. The number of nitrogens with zero attached hydrogens (tertiary/aromatic N) is 4. The number of carbonyl (C=O) groups is 1. The maximum atomic E-state index is 12.3. The topological polar surface area (TPSA) is 92.9 Å². The number of phenolic OH excluding ortho intramolecular Hbond substituents is 1. The van der Waals surface area contributed by atoms with Gasteiger partial charge in [-0.25, -0.2) is 0 Å². The van der Waals surface area contributed by atoms with Crippen LogP contribution in [0.4, 0.5) is 0 Å². The molecule has 0 bridgehead atoms. The Morgan fingerprint density at radius 2 is 1.90 bits per heavy atom. The van der Waals surface area contributed by atoms with E-state index in [0.29, 0.717) is 18.9 Å². The molecule has 7 heteroatoms. The molecule has 0 radical (unpaired) electrons. The molecular formula is C22H25N5O2. The largest absolute Gasteiger partial charge is 0.508 e. The minimum Gasteiger partial charge on any atom is -0.508 e. The first-order chi connectivity index (χ1) is 14.2. The summed E-state index contributed by atoms with van der Waals surface area (Å²) in [6, 6.07) is 7.60. The van der Waals surface area contributed by atoms with E-state index in [-0.39, 0.29) is 17.7 Å². The Labute approximate surface area is 169 Å². The van der Waals surface area contributed by atoms with Gasteiger partial charge >= 0.3 is 0 Å². The van der Waals surface area contributed by atoms with Crippen molar-refractivity contribution in [2.75, 3.05) is 0 Å². The van der Waals surface area contributed by atoms with Crippen molar-refractivity contribution in [1.29, 1.82) is 0 Å². The fourth-order valence-corrected chi connectivity index (χ4v) is 3.82. The Morgan fingerprint density at radius 1 is 1.10 bits per heavy atom. The van der Waals surface area contributed by atoms with Crippen LogP contribution in [0.5, 0.6) is 5.75 Å². The van der Waals surface area contributed by atoms with Crippen LogP contribution in [0.2, 0.25) is 0 Å².